The molecule has 0 radical (unpaired) electrons. The fraction of sp³-hybridized carbons (Fsp3) is 0.381. The molecule has 6 nitrogen and oxygen atoms in total. The molecule has 1 fully saturated rings. The minimum Gasteiger partial charge on any atom is -0.492 e. The maximum Gasteiger partial charge on any atom is 0.312 e. The van der Waals surface area contributed by atoms with Gasteiger partial charge in [0.25, 0.3) is 0 Å². The number of hydrogen-bond acceptors (Lipinski definition) is 4. The van der Waals surface area contributed by atoms with E-state index >= 15 is 0 Å². The molecule has 0 bridgehead atoms. The predicted octanol–water partition coefficient (Wildman–Crippen LogP) is 4.03. The Morgan fingerprint density at radius 1 is 1.11 bits per heavy atom. The molecule has 0 aliphatic carbocycles. The number of ether oxygens (including phenoxy) is 2. The molecule has 150 valence electrons. The van der Waals surface area contributed by atoms with Gasteiger partial charge < -0.3 is 20.5 Å². The van der Waals surface area contributed by atoms with Gasteiger partial charge in [0.2, 0.25) is 0 Å². The average Bonchev–Trinajstić information content (AvgIpc) is 3.14. The van der Waals surface area contributed by atoms with E-state index < -0.39 is 6.03 Å². The third kappa shape index (κ3) is 6.32. The second-order valence-electron chi connectivity index (χ2n) is 6.81. The number of carbonyl (C=O) groups excluding carboxylic acids is 1. The number of nitrogens with two attached hydrogens (primary N) is 1. The first-order valence-electron chi connectivity index (χ1n) is 9.54. The molecule has 1 aliphatic heterocycles. The van der Waals surface area contributed by atoms with E-state index in [1.54, 1.807) is 12.1 Å². The van der Waals surface area contributed by atoms with Crippen LogP contribution in [0.15, 0.2) is 48.5 Å². The predicted molar refractivity (Wildman–Crippen MR) is 110 cm³/mol. The van der Waals surface area contributed by atoms with Gasteiger partial charge >= 0.3 is 6.03 Å². The molecule has 1 saturated heterocycles. The molecule has 2 aromatic rings. The van der Waals surface area contributed by atoms with Gasteiger partial charge in [-0.1, -0.05) is 11.6 Å². The molecule has 2 amide bonds. The Labute approximate surface area is 170 Å². The lowest BCUT2D eigenvalue weighted by Gasteiger charge is -2.24. The van der Waals surface area contributed by atoms with Crippen LogP contribution in [0.3, 0.4) is 0 Å². The summed E-state index contributed by atoms with van der Waals surface area (Å²) in [6.07, 6.45) is 3.18. The van der Waals surface area contributed by atoms with Crippen molar-refractivity contribution in [1.29, 1.82) is 0 Å². The number of benzene rings is 2. The fourth-order valence-electron chi connectivity index (χ4n) is 3.31. The van der Waals surface area contributed by atoms with E-state index in [2.05, 4.69) is 10.2 Å². The van der Waals surface area contributed by atoms with E-state index in [-0.39, 0.29) is 0 Å². The van der Waals surface area contributed by atoms with Crippen molar-refractivity contribution in [3.05, 3.63) is 53.6 Å². The molecule has 3 rings (SSSR count). The van der Waals surface area contributed by atoms with Crippen molar-refractivity contribution >= 4 is 17.6 Å². The van der Waals surface area contributed by atoms with Crippen molar-refractivity contribution in [3.8, 4) is 17.2 Å². The number of urea groups is 1. The van der Waals surface area contributed by atoms with Crippen LogP contribution in [0.4, 0.5) is 4.79 Å². The molecule has 2 aromatic carbocycles. The Bertz CT molecular complexity index is 752. The molecule has 0 aromatic heterocycles. The smallest absolute Gasteiger partial charge is 0.312 e. The van der Waals surface area contributed by atoms with Crippen molar-refractivity contribution in [2.24, 2.45) is 5.73 Å². The van der Waals surface area contributed by atoms with Gasteiger partial charge in [-0.15, -0.1) is 0 Å². The highest BCUT2D eigenvalue weighted by atomic mass is 35.5. The number of primary amides is 1. The van der Waals surface area contributed by atoms with Gasteiger partial charge in [-0.2, -0.15) is 0 Å². The van der Waals surface area contributed by atoms with Gasteiger partial charge in [0.05, 0.1) is 0 Å². The van der Waals surface area contributed by atoms with Crippen molar-refractivity contribution in [2.75, 3.05) is 26.2 Å². The van der Waals surface area contributed by atoms with Gasteiger partial charge in [-0.25, -0.2) is 4.79 Å². The zero-order valence-electron chi connectivity index (χ0n) is 15.8. The van der Waals surface area contributed by atoms with E-state index in [1.807, 2.05) is 36.4 Å². The van der Waals surface area contributed by atoms with Crippen LogP contribution >= 0.6 is 11.6 Å². The molecule has 0 saturated carbocycles. The third-order valence-electron chi connectivity index (χ3n) is 4.74. The van der Waals surface area contributed by atoms with E-state index in [0.717, 1.165) is 43.2 Å². The third-order valence-corrected chi connectivity index (χ3v) is 4.99. The maximum atomic E-state index is 10.7. The molecule has 1 atom stereocenters. The summed E-state index contributed by atoms with van der Waals surface area (Å²) in [6.45, 7) is 3.26. The van der Waals surface area contributed by atoms with Gasteiger partial charge in [0.1, 0.15) is 23.9 Å². The Hall–Kier alpha value is -2.44. The second kappa shape index (κ2) is 10.2. The first kappa shape index (κ1) is 20.3. The first-order valence-corrected chi connectivity index (χ1v) is 9.91. The fourth-order valence-corrected chi connectivity index (χ4v) is 3.43. The molecule has 1 aliphatic rings. The van der Waals surface area contributed by atoms with Crippen molar-refractivity contribution in [2.45, 2.75) is 25.3 Å². The summed E-state index contributed by atoms with van der Waals surface area (Å²) in [4.78, 5) is 13.1. The van der Waals surface area contributed by atoms with Gasteiger partial charge in [0, 0.05) is 24.2 Å². The maximum absolute atomic E-state index is 10.7. The van der Waals surface area contributed by atoms with Gasteiger partial charge in [-0.3, -0.25) is 4.90 Å². The minimum atomic E-state index is -0.468. The number of amides is 2. The number of nitrogens with zero attached hydrogens (tertiary/aromatic N) is 1. The number of carbonyl (C=O) groups is 1. The van der Waals surface area contributed by atoms with E-state index in [9.17, 15) is 4.79 Å². The minimum absolute atomic E-state index is 0.401. The lowest BCUT2D eigenvalue weighted by Crippen LogP contribution is -2.37. The van der Waals surface area contributed by atoms with Gasteiger partial charge in [0.15, 0.2) is 0 Å². The highest BCUT2D eigenvalue weighted by Gasteiger charge is 2.24. The molecule has 0 spiro atoms. The Morgan fingerprint density at radius 3 is 2.43 bits per heavy atom. The molecule has 7 heteroatoms. The summed E-state index contributed by atoms with van der Waals surface area (Å²) in [5, 5.41) is 3.31. The van der Waals surface area contributed by atoms with Crippen molar-refractivity contribution in [1.82, 2.24) is 10.2 Å². The van der Waals surface area contributed by atoms with E-state index in [0.29, 0.717) is 24.2 Å². The number of nitrogens with one attached hydrogen (secondary N) is 1. The lowest BCUT2D eigenvalue weighted by molar-refractivity contribution is 0.171. The van der Waals surface area contributed by atoms with Crippen LogP contribution in [0.2, 0.25) is 5.02 Å². The molecule has 3 N–H and O–H groups in total. The summed E-state index contributed by atoms with van der Waals surface area (Å²) < 4.78 is 11.8. The molecular weight excluding hydrogens is 378 g/mol. The number of rotatable bonds is 9. The van der Waals surface area contributed by atoms with Crippen molar-refractivity contribution < 1.29 is 14.3 Å². The standard InChI is InChI=1S/C21H26ClN3O3/c22-16-4-6-19(7-5-16)28-20-10-8-18(9-11-20)27-15-17-3-1-13-25(17)14-2-12-24-21(23)26/h4-11,17H,1-3,12-15H2,(H3,23,24,26). The zero-order chi connectivity index (χ0) is 19.8. The molecule has 1 heterocycles. The van der Waals surface area contributed by atoms with E-state index in [1.165, 1.54) is 6.42 Å². The van der Waals surface area contributed by atoms with Crippen LogP contribution in [0.1, 0.15) is 19.3 Å². The quantitative estimate of drug-likeness (QED) is 0.619. The van der Waals surface area contributed by atoms with E-state index in [4.69, 9.17) is 26.8 Å². The number of halogens is 1. The Kier molecular flexibility index (Phi) is 7.39. The number of likely N-dealkylation sites (tertiary alicyclic amines) is 1. The second-order valence-corrected chi connectivity index (χ2v) is 7.25. The zero-order valence-corrected chi connectivity index (χ0v) is 16.5. The highest BCUT2D eigenvalue weighted by molar-refractivity contribution is 6.30. The summed E-state index contributed by atoms with van der Waals surface area (Å²) in [5.41, 5.74) is 5.09. The molecule has 1 unspecified atom stereocenters. The van der Waals surface area contributed by atoms with Crippen LogP contribution in [0, 0.1) is 0 Å². The summed E-state index contributed by atoms with van der Waals surface area (Å²) in [6, 6.07) is 14.8. The Morgan fingerprint density at radius 2 is 1.75 bits per heavy atom. The number of hydrogen-bond donors (Lipinski definition) is 2. The van der Waals surface area contributed by atoms with Crippen molar-refractivity contribution in [3.63, 3.8) is 0 Å². The largest absolute Gasteiger partial charge is 0.492 e. The molecular formula is C21H26ClN3O3. The van der Waals surface area contributed by atoms with Crippen LogP contribution in [0.5, 0.6) is 17.2 Å². The SMILES string of the molecule is NC(=O)NCCCN1CCCC1COc1ccc(Oc2ccc(Cl)cc2)cc1. The molecule has 28 heavy (non-hydrogen) atoms. The Balaban J connectivity index is 1.43. The topological polar surface area (TPSA) is 76.8 Å². The van der Waals surface area contributed by atoms with Crippen LogP contribution < -0.4 is 20.5 Å². The monoisotopic (exact) mass is 403 g/mol. The van der Waals surface area contributed by atoms with Crippen LogP contribution in [-0.2, 0) is 0 Å². The normalized spacial score (nSPS) is 16.7. The first-order chi connectivity index (χ1) is 13.6. The van der Waals surface area contributed by atoms with Crippen LogP contribution in [-0.4, -0.2) is 43.2 Å². The summed E-state index contributed by atoms with van der Waals surface area (Å²) in [5.74, 6) is 2.32. The summed E-state index contributed by atoms with van der Waals surface area (Å²) in [7, 11) is 0. The average molecular weight is 404 g/mol. The highest BCUT2D eigenvalue weighted by Crippen LogP contribution is 2.26. The van der Waals surface area contributed by atoms with Crippen LogP contribution in [0.25, 0.3) is 0 Å². The lowest BCUT2D eigenvalue weighted by atomic mass is 10.2. The summed E-state index contributed by atoms with van der Waals surface area (Å²) >= 11 is 5.88. The van der Waals surface area contributed by atoms with Gasteiger partial charge in [-0.05, 0) is 74.3 Å².